The number of thioether (sulfide) groups is 1. The van der Waals surface area contributed by atoms with Gasteiger partial charge >= 0.3 is 0 Å². The number of thiophene rings is 1. The fourth-order valence-electron chi connectivity index (χ4n) is 3.80. The van der Waals surface area contributed by atoms with Gasteiger partial charge in [-0.2, -0.15) is 0 Å². The van der Waals surface area contributed by atoms with Gasteiger partial charge in [0.15, 0.2) is 11.0 Å². The van der Waals surface area contributed by atoms with Crippen molar-refractivity contribution >= 4 is 28.9 Å². The molecule has 1 aliphatic carbocycles. The quantitative estimate of drug-likeness (QED) is 0.594. The Morgan fingerprint density at radius 1 is 1.31 bits per heavy atom. The van der Waals surface area contributed by atoms with E-state index >= 15 is 0 Å². The van der Waals surface area contributed by atoms with E-state index in [1.807, 2.05) is 18.4 Å². The molecule has 8 heteroatoms. The van der Waals surface area contributed by atoms with Gasteiger partial charge in [-0.1, -0.05) is 32.5 Å². The van der Waals surface area contributed by atoms with Gasteiger partial charge in [0.2, 0.25) is 0 Å². The minimum absolute atomic E-state index is 0.0401. The van der Waals surface area contributed by atoms with Crippen LogP contribution in [0.2, 0.25) is 0 Å². The molecule has 1 aliphatic rings. The molecule has 3 aromatic rings. The van der Waals surface area contributed by atoms with Crippen LogP contribution < -0.4 is 5.73 Å². The molecule has 0 bridgehead atoms. The maximum atomic E-state index is 5.79. The second-order valence-electron chi connectivity index (χ2n) is 8.83. The molecule has 154 valence electrons. The number of aromatic nitrogens is 5. The number of nitrogens with two attached hydrogens (primary N) is 1. The van der Waals surface area contributed by atoms with Crippen molar-refractivity contribution in [1.82, 2.24) is 24.7 Å². The highest BCUT2D eigenvalue weighted by Gasteiger charge is 2.30. The van der Waals surface area contributed by atoms with Crippen molar-refractivity contribution in [3.8, 4) is 10.7 Å². The molecule has 2 atom stereocenters. The van der Waals surface area contributed by atoms with E-state index in [1.165, 1.54) is 34.6 Å². The highest BCUT2D eigenvalue weighted by atomic mass is 32.2. The van der Waals surface area contributed by atoms with Gasteiger partial charge in [-0.15, -0.1) is 21.5 Å². The fraction of sp³-hybridized carbons (Fsp3) is 0.524. The molecule has 3 heterocycles. The van der Waals surface area contributed by atoms with Gasteiger partial charge in [0.05, 0.1) is 10.1 Å². The van der Waals surface area contributed by atoms with Crippen LogP contribution in [0.1, 0.15) is 55.6 Å². The van der Waals surface area contributed by atoms with Crippen LogP contribution in [0.4, 0.5) is 5.82 Å². The summed E-state index contributed by atoms with van der Waals surface area (Å²) in [5.74, 6) is 2.86. The molecule has 0 spiro atoms. The number of hydrogen-bond acceptors (Lipinski definition) is 7. The number of aryl methyl sites for hydroxylation is 1. The van der Waals surface area contributed by atoms with Crippen molar-refractivity contribution in [1.29, 1.82) is 0 Å². The Labute approximate surface area is 180 Å². The second kappa shape index (κ2) is 7.72. The summed E-state index contributed by atoms with van der Waals surface area (Å²) in [5.41, 5.74) is 7.64. The third-order valence-corrected chi connectivity index (χ3v) is 8.07. The van der Waals surface area contributed by atoms with E-state index in [0.717, 1.165) is 16.9 Å². The molecule has 0 saturated heterocycles. The standard InChI is InChI=1S/C21H28N6S2/c1-12(18-23-9-8-17(22)24-18)28-20-26-25-19(27(20)5)16-11-13-10-14(21(2,3)4)6-7-15(13)29-16/h8-9,11-12,14H,6-7,10H2,1-5H3,(H2,22,23,24). The Morgan fingerprint density at radius 3 is 2.83 bits per heavy atom. The predicted molar refractivity (Wildman–Crippen MR) is 120 cm³/mol. The third-order valence-electron chi connectivity index (χ3n) is 5.70. The molecular weight excluding hydrogens is 400 g/mol. The first-order valence-electron chi connectivity index (χ1n) is 9.99. The summed E-state index contributed by atoms with van der Waals surface area (Å²) in [7, 11) is 2.03. The number of fused-ring (bicyclic) bond motifs is 1. The molecule has 0 aliphatic heterocycles. The Hall–Kier alpha value is -1.93. The van der Waals surface area contributed by atoms with Crippen molar-refractivity contribution in [2.45, 2.75) is 57.4 Å². The van der Waals surface area contributed by atoms with Crippen molar-refractivity contribution in [3.63, 3.8) is 0 Å². The first kappa shape index (κ1) is 20.3. The van der Waals surface area contributed by atoms with Gasteiger partial charge in [0.1, 0.15) is 11.6 Å². The summed E-state index contributed by atoms with van der Waals surface area (Å²) in [4.78, 5) is 11.4. The van der Waals surface area contributed by atoms with E-state index in [1.54, 1.807) is 24.0 Å². The molecule has 3 aromatic heterocycles. The van der Waals surface area contributed by atoms with Crippen LogP contribution in [-0.2, 0) is 19.9 Å². The predicted octanol–water partition coefficient (Wildman–Crippen LogP) is 4.92. The average Bonchev–Trinajstić information content (AvgIpc) is 3.24. The van der Waals surface area contributed by atoms with E-state index in [9.17, 15) is 0 Å². The molecule has 0 amide bonds. The number of nitrogens with zero attached hydrogens (tertiary/aromatic N) is 5. The molecule has 0 aromatic carbocycles. The minimum atomic E-state index is 0.0401. The Bertz CT molecular complexity index is 1020. The number of rotatable bonds is 4. The maximum Gasteiger partial charge on any atom is 0.191 e. The zero-order chi connectivity index (χ0) is 20.8. The number of hydrogen-bond donors (Lipinski definition) is 1. The van der Waals surface area contributed by atoms with Crippen molar-refractivity contribution in [2.24, 2.45) is 18.4 Å². The summed E-state index contributed by atoms with van der Waals surface area (Å²) in [6.45, 7) is 9.12. The lowest BCUT2D eigenvalue weighted by Crippen LogP contribution is -2.26. The molecule has 2 unspecified atom stereocenters. The molecule has 2 N–H and O–H groups in total. The lowest BCUT2D eigenvalue weighted by Gasteiger charge is -2.33. The summed E-state index contributed by atoms with van der Waals surface area (Å²) >= 11 is 3.47. The van der Waals surface area contributed by atoms with Crippen molar-refractivity contribution in [2.75, 3.05) is 5.73 Å². The molecule has 0 saturated carbocycles. The molecule has 4 rings (SSSR count). The molecule has 0 radical (unpaired) electrons. The maximum absolute atomic E-state index is 5.79. The lowest BCUT2D eigenvalue weighted by atomic mass is 9.72. The monoisotopic (exact) mass is 428 g/mol. The number of nitrogen functional groups attached to an aromatic ring is 1. The molecule has 0 fully saturated rings. The summed E-state index contributed by atoms with van der Waals surface area (Å²) < 4.78 is 2.08. The van der Waals surface area contributed by atoms with E-state index in [4.69, 9.17) is 5.73 Å². The molecule has 29 heavy (non-hydrogen) atoms. The van der Waals surface area contributed by atoms with Gasteiger partial charge in [-0.25, -0.2) is 9.97 Å². The van der Waals surface area contributed by atoms with Crippen LogP contribution in [0.15, 0.2) is 23.5 Å². The third kappa shape index (κ3) is 4.19. The summed E-state index contributed by atoms with van der Waals surface area (Å²) in [5, 5.41) is 9.83. The van der Waals surface area contributed by atoms with Crippen LogP contribution in [0.25, 0.3) is 10.7 Å². The Kier molecular flexibility index (Phi) is 5.42. The van der Waals surface area contributed by atoms with Gasteiger partial charge in [0.25, 0.3) is 0 Å². The first-order chi connectivity index (χ1) is 13.7. The zero-order valence-electron chi connectivity index (χ0n) is 17.6. The van der Waals surface area contributed by atoms with E-state index in [2.05, 4.69) is 58.5 Å². The second-order valence-corrected chi connectivity index (χ2v) is 11.3. The van der Waals surface area contributed by atoms with E-state index < -0.39 is 0 Å². The van der Waals surface area contributed by atoms with Crippen molar-refractivity contribution < 1.29 is 0 Å². The average molecular weight is 429 g/mol. The van der Waals surface area contributed by atoms with Gasteiger partial charge < -0.3 is 10.3 Å². The lowest BCUT2D eigenvalue weighted by molar-refractivity contribution is 0.217. The highest BCUT2D eigenvalue weighted by molar-refractivity contribution is 7.99. The van der Waals surface area contributed by atoms with Crippen LogP contribution in [-0.4, -0.2) is 24.7 Å². The van der Waals surface area contributed by atoms with Crippen molar-refractivity contribution in [3.05, 3.63) is 34.6 Å². The Morgan fingerprint density at radius 2 is 2.10 bits per heavy atom. The van der Waals surface area contributed by atoms with Crippen LogP contribution in [0.3, 0.4) is 0 Å². The number of anilines is 1. The van der Waals surface area contributed by atoms with E-state index in [0.29, 0.717) is 17.1 Å². The summed E-state index contributed by atoms with van der Waals surface area (Å²) in [6, 6.07) is 4.03. The fourth-order valence-corrected chi connectivity index (χ4v) is 5.90. The largest absolute Gasteiger partial charge is 0.384 e. The summed E-state index contributed by atoms with van der Waals surface area (Å²) in [6.07, 6.45) is 5.30. The van der Waals surface area contributed by atoms with E-state index in [-0.39, 0.29) is 5.25 Å². The van der Waals surface area contributed by atoms with Gasteiger partial charge in [-0.05, 0) is 55.2 Å². The molecule has 6 nitrogen and oxygen atoms in total. The van der Waals surface area contributed by atoms with Crippen LogP contribution in [0.5, 0.6) is 0 Å². The normalized spacial score (nSPS) is 17.9. The van der Waals surface area contributed by atoms with Crippen LogP contribution in [0, 0.1) is 11.3 Å². The minimum Gasteiger partial charge on any atom is -0.384 e. The SMILES string of the molecule is CC(Sc1nnc(-c2cc3c(s2)CCC(C(C)(C)C)C3)n1C)c1nccc(N)n1. The van der Waals surface area contributed by atoms with Gasteiger partial charge in [0, 0.05) is 18.1 Å². The topological polar surface area (TPSA) is 82.5 Å². The molecular formula is C21H28N6S2. The Balaban J connectivity index is 1.54. The highest BCUT2D eigenvalue weighted by Crippen LogP contribution is 2.42. The first-order valence-corrected chi connectivity index (χ1v) is 11.7. The smallest absolute Gasteiger partial charge is 0.191 e. The zero-order valence-corrected chi connectivity index (χ0v) is 19.3. The van der Waals surface area contributed by atoms with Gasteiger partial charge in [-0.3, -0.25) is 0 Å². The van der Waals surface area contributed by atoms with Crippen LogP contribution >= 0.6 is 23.1 Å².